The van der Waals surface area contributed by atoms with Crippen molar-refractivity contribution in [2.45, 2.75) is 6.92 Å². The predicted octanol–water partition coefficient (Wildman–Crippen LogP) is 1.92. The van der Waals surface area contributed by atoms with Crippen molar-refractivity contribution >= 4 is 23.4 Å². The summed E-state index contributed by atoms with van der Waals surface area (Å²) in [5.41, 5.74) is -0.680. The van der Waals surface area contributed by atoms with Crippen molar-refractivity contribution in [1.29, 1.82) is 0 Å². The van der Waals surface area contributed by atoms with Crippen LogP contribution in [0.4, 0.5) is 14.5 Å². The zero-order valence-corrected chi connectivity index (χ0v) is 15.1. The van der Waals surface area contributed by atoms with Gasteiger partial charge in [0.05, 0.1) is 0 Å². The minimum atomic E-state index is -0.913. The molecule has 1 aliphatic heterocycles. The van der Waals surface area contributed by atoms with Crippen LogP contribution in [0.25, 0.3) is 0 Å². The molecule has 1 aromatic carbocycles. The van der Waals surface area contributed by atoms with Gasteiger partial charge in [0.2, 0.25) is 5.91 Å². The van der Waals surface area contributed by atoms with E-state index in [9.17, 15) is 23.2 Å². The van der Waals surface area contributed by atoms with E-state index in [2.05, 4.69) is 10.3 Å². The van der Waals surface area contributed by atoms with Crippen LogP contribution in [0.5, 0.6) is 0 Å². The lowest BCUT2D eigenvalue weighted by atomic mass is 10.2. The lowest BCUT2D eigenvalue weighted by molar-refractivity contribution is -0.130. The fourth-order valence-electron chi connectivity index (χ4n) is 2.86. The summed E-state index contributed by atoms with van der Waals surface area (Å²) in [6.07, 6.45) is 0. The smallest absolute Gasteiger partial charge is 0.274 e. The van der Waals surface area contributed by atoms with Gasteiger partial charge in [-0.2, -0.15) is 0 Å². The number of aromatic nitrogens is 1. The maximum absolute atomic E-state index is 13.7. The van der Waals surface area contributed by atoms with Crippen LogP contribution in [0, 0.1) is 11.6 Å². The molecular formula is C19H18F2N4O3. The van der Waals surface area contributed by atoms with Crippen LogP contribution in [-0.4, -0.2) is 58.7 Å². The van der Waals surface area contributed by atoms with E-state index in [1.165, 1.54) is 31.2 Å². The van der Waals surface area contributed by atoms with Crippen LogP contribution >= 0.6 is 0 Å². The average Bonchev–Trinajstić information content (AvgIpc) is 2.70. The van der Waals surface area contributed by atoms with E-state index in [1.54, 1.807) is 9.80 Å². The van der Waals surface area contributed by atoms with Gasteiger partial charge in [0.15, 0.2) is 0 Å². The first-order valence-corrected chi connectivity index (χ1v) is 8.64. The van der Waals surface area contributed by atoms with Gasteiger partial charge in [-0.05, 0) is 24.3 Å². The number of piperazine rings is 1. The quantitative estimate of drug-likeness (QED) is 0.871. The van der Waals surface area contributed by atoms with E-state index in [1.807, 2.05) is 0 Å². The number of pyridine rings is 1. The normalized spacial score (nSPS) is 14.0. The molecule has 2 heterocycles. The molecule has 2 aromatic rings. The molecule has 0 spiro atoms. The fourth-order valence-corrected chi connectivity index (χ4v) is 2.86. The molecule has 1 aliphatic rings. The van der Waals surface area contributed by atoms with Crippen molar-refractivity contribution in [1.82, 2.24) is 14.8 Å². The van der Waals surface area contributed by atoms with Crippen LogP contribution < -0.4 is 5.32 Å². The van der Waals surface area contributed by atoms with Gasteiger partial charge in [0.25, 0.3) is 11.8 Å². The molecule has 0 atom stereocenters. The van der Waals surface area contributed by atoms with E-state index >= 15 is 0 Å². The van der Waals surface area contributed by atoms with Gasteiger partial charge in [0, 0.05) is 33.1 Å². The van der Waals surface area contributed by atoms with Gasteiger partial charge in [-0.25, -0.2) is 13.8 Å². The molecule has 1 saturated heterocycles. The zero-order chi connectivity index (χ0) is 20.3. The number of amides is 3. The summed E-state index contributed by atoms with van der Waals surface area (Å²) in [6, 6.07) is 7.50. The zero-order valence-electron chi connectivity index (χ0n) is 15.1. The molecule has 7 nitrogen and oxygen atoms in total. The largest absolute Gasteiger partial charge is 0.339 e. The topological polar surface area (TPSA) is 82.6 Å². The molecule has 9 heteroatoms. The Morgan fingerprint density at radius 2 is 1.43 bits per heavy atom. The number of rotatable bonds is 3. The second-order valence-corrected chi connectivity index (χ2v) is 6.26. The summed E-state index contributed by atoms with van der Waals surface area (Å²) < 4.78 is 27.4. The van der Waals surface area contributed by atoms with Crippen LogP contribution in [-0.2, 0) is 4.79 Å². The summed E-state index contributed by atoms with van der Waals surface area (Å²) in [5, 5.41) is 2.14. The molecule has 3 rings (SSSR count). The number of carbonyl (C=O) groups excluding carboxylic acids is 3. The van der Waals surface area contributed by atoms with Crippen molar-refractivity contribution in [2.24, 2.45) is 0 Å². The number of nitrogens with zero attached hydrogens (tertiary/aromatic N) is 3. The molecule has 1 fully saturated rings. The van der Waals surface area contributed by atoms with Crippen LogP contribution in [0.15, 0.2) is 36.4 Å². The Balaban J connectivity index is 1.72. The Morgan fingerprint density at radius 1 is 0.893 bits per heavy atom. The summed E-state index contributed by atoms with van der Waals surface area (Å²) >= 11 is 0. The molecule has 0 bridgehead atoms. The maximum atomic E-state index is 13.7. The number of benzene rings is 1. The highest BCUT2D eigenvalue weighted by atomic mass is 19.1. The maximum Gasteiger partial charge on any atom is 0.274 e. The number of halogens is 2. The highest BCUT2D eigenvalue weighted by Gasteiger charge is 2.24. The third-order valence-corrected chi connectivity index (χ3v) is 4.41. The molecule has 0 unspecified atom stereocenters. The predicted molar refractivity (Wildman–Crippen MR) is 96.7 cm³/mol. The number of para-hydroxylation sites is 1. The van der Waals surface area contributed by atoms with E-state index in [-0.39, 0.29) is 23.2 Å². The number of nitrogens with one attached hydrogen (secondary N) is 1. The van der Waals surface area contributed by atoms with Gasteiger partial charge in [-0.1, -0.05) is 12.1 Å². The SMILES string of the molecule is CC(=O)N1CCN(C(=O)c2cccc(C(=O)Nc3c(F)cccc3F)n2)CC1. The first-order chi connectivity index (χ1) is 13.4. The Morgan fingerprint density at radius 3 is 2.04 bits per heavy atom. The van der Waals surface area contributed by atoms with Crippen molar-refractivity contribution in [3.63, 3.8) is 0 Å². The van der Waals surface area contributed by atoms with Crippen molar-refractivity contribution in [2.75, 3.05) is 31.5 Å². The van der Waals surface area contributed by atoms with Gasteiger partial charge < -0.3 is 15.1 Å². The molecule has 0 aliphatic carbocycles. The summed E-state index contributed by atoms with van der Waals surface area (Å²) in [4.78, 5) is 43.5. The van der Waals surface area contributed by atoms with E-state index in [0.29, 0.717) is 26.2 Å². The third-order valence-electron chi connectivity index (χ3n) is 4.41. The van der Waals surface area contributed by atoms with Crippen molar-refractivity contribution < 1.29 is 23.2 Å². The second-order valence-electron chi connectivity index (χ2n) is 6.26. The molecule has 0 saturated carbocycles. The molecule has 3 amide bonds. The molecule has 0 radical (unpaired) electrons. The molecule has 28 heavy (non-hydrogen) atoms. The highest BCUT2D eigenvalue weighted by molar-refractivity contribution is 6.04. The van der Waals surface area contributed by atoms with Gasteiger partial charge in [-0.3, -0.25) is 14.4 Å². The van der Waals surface area contributed by atoms with Gasteiger partial charge in [0.1, 0.15) is 28.7 Å². The fraction of sp³-hybridized carbons (Fsp3) is 0.263. The Bertz CT molecular complexity index is 907. The van der Waals surface area contributed by atoms with E-state index in [4.69, 9.17) is 0 Å². The first-order valence-electron chi connectivity index (χ1n) is 8.64. The van der Waals surface area contributed by atoms with Crippen LogP contribution in [0.2, 0.25) is 0 Å². The Kier molecular flexibility index (Phi) is 5.62. The number of carbonyl (C=O) groups is 3. The summed E-state index contributed by atoms with van der Waals surface area (Å²) in [6.45, 7) is 3.04. The Hall–Kier alpha value is -3.36. The highest BCUT2D eigenvalue weighted by Crippen LogP contribution is 2.19. The monoisotopic (exact) mass is 388 g/mol. The molecule has 146 valence electrons. The van der Waals surface area contributed by atoms with Crippen molar-refractivity contribution in [3.8, 4) is 0 Å². The third kappa shape index (κ3) is 4.13. The minimum Gasteiger partial charge on any atom is -0.339 e. The van der Waals surface area contributed by atoms with Crippen LogP contribution in [0.1, 0.15) is 27.9 Å². The number of hydrogen-bond donors (Lipinski definition) is 1. The molecular weight excluding hydrogens is 370 g/mol. The lowest BCUT2D eigenvalue weighted by Gasteiger charge is -2.34. The minimum absolute atomic E-state index is 0.0398. The Labute approximate surface area is 160 Å². The second kappa shape index (κ2) is 8.12. The van der Waals surface area contributed by atoms with Gasteiger partial charge in [-0.15, -0.1) is 0 Å². The molecule has 1 aromatic heterocycles. The van der Waals surface area contributed by atoms with Gasteiger partial charge >= 0.3 is 0 Å². The van der Waals surface area contributed by atoms with E-state index in [0.717, 1.165) is 12.1 Å². The summed E-state index contributed by atoms with van der Waals surface area (Å²) in [5.74, 6) is -3.09. The molecule has 1 N–H and O–H groups in total. The number of anilines is 1. The van der Waals surface area contributed by atoms with E-state index < -0.39 is 23.2 Å². The number of hydrogen-bond acceptors (Lipinski definition) is 4. The van der Waals surface area contributed by atoms with Crippen molar-refractivity contribution in [3.05, 3.63) is 59.4 Å². The lowest BCUT2D eigenvalue weighted by Crippen LogP contribution is -2.50. The summed E-state index contributed by atoms with van der Waals surface area (Å²) in [7, 11) is 0. The first kappa shape index (κ1) is 19.4. The standard InChI is InChI=1S/C19H18F2N4O3/c1-12(26)24-8-10-25(11-9-24)19(28)16-7-3-6-15(22-16)18(27)23-17-13(20)4-2-5-14(17)21/h2-7H,8-11H2,1H3,(H,23,27). The van der Waals surface area contributed by atoms with Crippen LogP contribution in [0.3, 0.4) is 0 Å². The average molecular weight is 388 g/mol.